The van der Waals surface area contributed by atoms with E-state index in [1.54, 1.807) is 30.6 Å². The molecule has 2 aromatic heterocycles. The molecule has 2 heterocycles. The third-order valence-electron chi connectivity index (χ3n) is 4.61. The molecule has 0 saturated carbocycles. The first-order valence-corrected chi connectivity index (χ1v) is 8.98. The van der Waals surface area contributed by atoms with Crippen LogP contribution in [0.3, 0.4) is 0 Å². The van der Waals surface area contributed by atoms with Crippen LogP contribution >= 0.6 is 0 Å². The van der Waals surface area contributed by atoms with E-state index >= 15 is 0 Å². The molecule has 0 amide bonds. The summed E-state index contributed by atoms with van der Waals surface area (Å²) in [6.07, 6.45) is 6.45. The van der Waals surface area contributed by atoms with Gasteiger partial charge in [0.15, 0.2) is 5.78 Å². The summed E-state index contributed by atoms with van der Waals surface area (Å²) in [5.74, 6) is -0.333. The molecule has 0 saturated heterocycles. The van der Waals surface area contributed by atoms with Crippen molar-refractivity contribution in [3.05, 3.63) is 106 Å². The molecule has 0 spiro atoms. The summed E-state index contributed by atoms with van der Waals surface area (Å²) in [5.41, 5.74) is 3.87. The highest BCUT2D eigenvalue weighted by atomic mass is 16.1. The summed E-state index contributed by atoms with van der Waals surface area (Å²) in [5, 5.41) is 0.853. The van der Waals surface area contributed by atoms with Crippen molar-refractivity contribution in [3.8, 4) is 11.1 Å². The van der Waals surface area contributed by atoms with E-state index in [1.807, 2.05) is 55.5 Å². The largest absolute Gasteiger partial charge is 0.321 e. The first kappa shape index (κ1) is 17.6. The maximum absolute atomic E-state index is 13.0. The molecule has 0 fully saturated rings. The van der Waals surface area contributed by atoms with E-state index in [4.69, 9.17) is 0 Å². The van der Waals surface area contributed by atoms with Crippen molar-refractivity contribution in [1.82, 2.24) is 9.97 Å². The van der Waals surface area contributed by atoms with Gasteiger partial charge in [0.05, 0.1) is 5.56 Å². The number of pyridine rings is 2. The molecule has 0 radical (unpaired) electrons. The van der Waals surface area contributed by atoms with Crippen LogP contribution in [0, 0.1) is 6.92 Å². The van der Waals surface area contributed by atoms with Crippen LogP contribution in [0.2, 0.25) is 0 Å². The number of hydrogen-bond donors (Lipinski definition) is 1. The molecule has 2 aromatic carbocycles. The van der Waals surface area contributed by atoms with E-state index in [9.17, 15) is 9.59 Å². The summed E-state index contributed by atoms with van der Waals surface area (Å²) >= 11 is 0. The van der Waals surface area contributed by atoms with Crippen LogP contribution in [-0.4, -0.2) is 15.8 Å². The van der Waals surface area contributed by atoms with Crippen LogP contribution in [0.1, 0.15) is 21.5 Å². The number of nitrogens with one attached hydrogen (secondary N) is 1. The molecule has 4 nitrogen and oxygen atoms in total. The Labute approximate surface area is 162 Å². The molecule has 0 aliphatic rings. The predicted molar refractivity (Wildman–Crippen MR) is 112 cm³/mol. The average molecular weight is 366 g/mol. The lowest BCUT2D eigenvalue weighted by atomic mass is 9.93. The second kappa shape index (κ2) is 7.45. The Balaban J connectivity index is 1.95. The van der Waals surface area contributed by atoms with E-state index < -0.39 is 0 Å². The molecule has 28 heavy (non-hydrogen) atoms. The van der Waals surface area contributed by atoms with Crippen LogP contribution < -0.4 is 5.56 Å². The number of allylic oxidation sites excluding steroid dienone is 1. The molecule has 4 aromatic rings. The molecule has 4 heteroatoms. The van der Waals surface area contributed by atoms with Crippen molar-refractivity contribution in [3.63, 3.8) is 0 Å². The Bertz CT molecular complexity index is 1240. The zero-order valence-electron chi connectivity index (χ0n) is 15.3. The third kappa shape index (κ3) is 3.40. The Morgan fingerprint density at radius 3 is 2.50 bits per heavy atom. The van der Waals surface area contributed by atoms with Gasteiger partial charge in [-0.25, -0.2) is 0 Å². The lowest BCUT2D eigenvalue weighted by molar-refractivity contribution is 0.104. The van der Waals surface area contributed by atoms with Gasteiger partial charge < -0.3 is 4.98 Å². The van der Waals surface area contributed by atoms with Crippen LogP contribution in [0.5, 0.6) is 0 Å². The normalized spacial score (nSPS) is 11.2. The van der Waals surface area contributed by atoms with E-state index in [2.05, 4.69) is 9.97 Å². The lowest BCUT2D eigenvalue weighted by Crippen LogP contribution is -2.18. The molecular weight excluding hydrogens is 348 g/mol. The minimum absolute atomic E-state index is 0.148. The monoisotopic (exact) mass is 366 g/mol. The van der Waals surface area contributed by atoms with E-state index in [1.165, 1.54) is 6.08 Å². The molecule has 4 rings (SSSR count). The number of fused-ring (bicyclic) bond motifs is 1. The van der Waals surface area contributed by atoms with Gasteiger partial charge in [-0.15, -0.1) is 0 Å². The Kier molecular flexibility index (Phi) is 4.68. The molecule has 0 aliphatic carbocycles. The summed E-state index contributed by atoms with van der Waals surface area (Å²) in [7, 11) is 0. The quantitative estimate of drug-likeness (QED) is 0.417. The number of aromatic nitrogens is 2. The van der Waals surface area contributed by atoms with Crippen molar-refractivity contribution < 1.29 is 4.79 Å². The summed E-state index contributed by atoms with van der Waals surface area (Å²) in [6, 6.07) is 19.0. The van der Waals surface area contributed by atoms with Crippen molar-refractivity contribution in [2.24, 2.45) is 0 Å². The van der Waals surface area contributed by atoms with E-state index in [-0.39, 0.29) is 16.9 Å². The number of carbonyl (C=O) groups excluding carboxylic acids is 1. The third-order valence-corrected chi connectivity index (χ3v) is 4.61. The van der Waals surface area contributed by atoms with Gasteiger partial charge in [0.2, 0.25) is 0 Å². The molecule has 0 bridgehead atoms. The summed E-state index contributed by atoms with van der Waals surface area (Å²) < 4.78 is 0. The van der Waals surface area contributed by atoms with Crippen molar-refractivity contribution in [2.75, 3.05) is 0 Å². The van der Waals surface area contributed by atoms with Gasteiger partial charge in [0, 0.05) is 28.9 Å². The molecule has 0 atom stereocenters. The van der Waals surface area contributed by atoms with Gasteiger partial charge in [-0.2, -0.15) is 0 Å². The number of aryl methyl sites for hydroxylation is 1. The van der Waals surface area contributed by atoms with Gasteiger partial charge in [-0.1, -0.05) is 48.0 Å². The number of nitrogens with zero attached hydrogens (tertiary/aromatic N) is 1. The Morgan fingerprint density at radius 2 is 1.75 bits per heavy atom. The molecular formula is C24H18N2O2. The topological polar surface area (TPSA) is 62.8 Å². The minimum Gasteiger partial charge on any atom is -0.321 e. The lowest BCUT2D eigenvalue weighted by Gasteiger charge is -2.12. The van der Waals surface area contributed by atoms with Gasteiger partial charge in [-0.05, 0) is 48.4 Å². The van der Waals surface area contributed by atoms with Crippen LogP contribution in [0.15, 0.2) is 83.9 Å². The number of hydrogen-bond acceptors (Lipinski definition) is 3. The summed E-state index contributed by atoms with van der Waals surface area (Å²) in [4.78, 5) is 32.7. The zero-order chi connectivity index (χ0) is 19.5. The number of benzene rings is 2. The SMILES string of the molecule is Cc1ccc2[nH]c(=O)c(C(=O)/C=C/c3ccncc3)c(-c3ccccc3)c2c1. The first-order chi connectivity index (χ1) is 13.6. The van der Waals surface area contributed by atoms with Crippen molar-refractivity contribution >= 4 is 22.8 Å². The average Bonchev–Trinajstić information content (AvgIpc) is 2.73. The molecule has 0 aliphatic heterocycles. The fourth-order valence-electron chi connectivity index (χ4n) is 3.28. The van der Waals surface area contributed by atoms with E-state index in [0.29, 0.717) is 11.1 Å². The fraction of sp³-hybridized carbons (Fsp3) is 0.0417. The van der Waals surface area contributed by atoms with Crippen LogP contribution in [0.4, 0.5) is 0 Å². The predicted octanol–water partition coefficient (Wildman–Crippen LogP) is 4.79. The fourth-order valence-corrected chi connectivity index (χ4v) is 3.28. The first-order valence-electron chi connectivity index (χ1n) is 8.98. The highest BCUT2D eigenvalue weighted by Gasteiger charge is 2.19. The molecule has 1 N–H and O–H groups in total. The standard InChI is InChI=1S/C24H18N2O2/c1-16-7-9-20-19(15-16)22(18-5-3-2-4-6-18)23(24(28)26-20)21(27)10-8-17-11-13-25-14-12-17/h2-15H,1H3,(H,26,28)/b10-8+. The summed E-state index contributed by atoms with van der Waals surface area (Å²) in [6.45, 7) is 1.99. The maximum Gasteiger partial charge on any atom is 0.260 e. The van der Waals surface area contributed by atoms with Crippen LogP contribution in [-0.2, 0) is 0 Å². The second-order valence-corrected chi connectivity index (χ2v) is 6.60. The second-order valence-electron chi connectivity index (χ2n) is 6.60. The Morgan fingerprint density at radius 1 is 1.00 bits per heavy atom. The van der Waals surface area contributed by atoms with Crippen molar-refractivity contribution in [1.29, 1.82) is 0 Å². The minimum atomic E-state index is -0.389. The Hall–Kier alpha value is -3.79. The van der Waals surface area contributed by atoms with Gasteiger partial charge >= 0.3 is 0 Å². The highest BCUT2D eigenvalue weighted by Crippen LogP contribution is 2.30. The zero-order valence-corrected chi connectivity index (χ0v) is 15.3. The van der Waals surface area contributed by atoms with Crippen LogP contribution in [0.25, 0.3) is 28.1 Å². The number of aromatic amines is 1. The maximum atomic E-state index is 13.0. The number of rotatable bonds is 4. The number of H-pyrrole nitrogens is 1. The molecule has 0 unspecified atom stereocenters. The van der Waals surface area contributed by atoms with Gasteiger partial charge in [0.1, 0.15) is 0 Å². The smallest absolute Gasteiger partial charge is 0.260 e. The van der Waals surface area contributed by atoms with Gasteiger partial charge in [0.25, 0.3) is 5.56 Å². The number of carbonyl (C=O) groups is 1. The van der Waals surface area contributed by atoms with Gasteiger partial charge in [-0.3, -0.25) is 14.6 Å². The number of ketones is 1. The molecule has 136 valence electrons. The van der Waals surface area contributed by atoms with E-state index in [0.717, 1.165) is 22.1 Å². The highest BCUT2D eigenvalue weighted by molar-refractivity contribution is 6.15. The van der Waals surface area contributed by atoms with Crippen molar-refractivity contribution in [2.45, 2.75) is 6.92 Å².